The third-order valence-corrected chi connectivity index (χ3v) is 6.22. The van der Waals surface area contributed by atoms with Crippen molar-refractivity contribution in [3.8, 4) is 11.1 Å². The Balaban J connectivity index is 1.66. The van der Waals surface area contributed by atoms with Crippen molar-refractivity contribution in [2.75, 3.05) is 7.05 Å². The number of hydrogen-bond acceptors (Lipinski definition) is 1. The van der Waals surface area contributed by atoms with E-state index < -0.39 is 0 Å². The molecular formula is C22H23N. The molecule has 2 unspecified atom stereocenters. The van der Waals surface area contributed by atoms with Gasteiger partial charge in [0.25, 0.3) is 0 Å². The van der Waals surface area contributed by atoms with Gasteiger partial charge in [-0.2, -0.15) is 0 Å². The summed E-state index contributed by atoms with van der Waals surface area (Å²) in [5.74, 6) is 0.485. The highest BCUT2D eigenvalue weighted by atomic mass is 15.2. The first-order valence-corrected chi connectivity index (χ1v) is 8.93. The van der Waals surface area contributed by atoms with E-state index in [4.69, 9.17) is 0 Å². The summed E-state index contributed by atoms with van der Waals surface area (Å²) in [6.07, 6.45) is 7.91. The quantitative estimate of drug-likeness (QED) is 0.671. The van der Waals surface area contributed by atoms with Gasteiger partial charge in [-0.25, -0.2) is 0 Å². The third kappa shape index (κ3) is 1.96. The summed E-state index contributed by atoms with van der Waals surface area (Å²) in [5, 5.41) is 0. The number of hydrogen-bond donors (Lipinski definition) is 0. The van der Waals surface area contributed by atoms with Crippen molar-refractivity contribution in [3.05, 3.63) is 71.3 Å². The number of likely N-dealkylation sites (N-methyl/N-ethyl adjacent to an activating group) is 1. The van der Waals surface area contributed by atoms with Crippen molar-refractivity contribution in [2.24, 2.45) is 0 Å². The summed E-state index contributed by atoms with van der Waals surface area (Å²) < 4.78 is 0. The van der Waals surface area contributed by atoms with Gasteiger partial charge < -0.3 is 0 Å². The van der Waals surface area contributed by atoms with Gasteiger partial charge in [-0.15, -0.1) is 0 Å². The van der Waals surface area contributed by atoms with Crippen LogP contribution in [0, 0.1) is 0 Å². The second-order valence-corrected chi connectivity index (χ2v) is 7.37. The zero-order valence-corrected chi connectivity index (χ0v) is 13.7. The minimum atomic E-state index is 0.485. The van der Waals surface area contributed by atoms with Gasteiger partial charge in [-0.3, -0.25) is 4.90 Å². The summed E-state index contributed by atoms with van der Waals surface area (Å²) in [4.78, 5) is 2.61. The molecule has 3 aliphatic rings. The maximum atomic E-state index is 2.61. The van der Waals surface area contributed by atoms with Gasteiger partial charge >= 0.3 is 0 Å². The molecule has 0 amide bonds. The van der Waals surface area contributed by atoms with E-state index in [9.17, 15) is 0 Å². The van der Waals surface area contributed by atoms with Crippen LogP contribution in [0.1, 0.15) is 42.7 Å². The lowest BCUT2D eigenvalue weighted by Gasteiger charge is -2.44. The maximum absolute atomic E-state index is 2.61. The van der Waals surface area contributed by atoms with Gasteiger partial charge in [-0.1, -0.05) is 66.6 Å². The molecule has 0 saturated carbocycles. The summed E-state index contributed by atoms with van der Waals surface area (Å²) >= 11 is 0. The van der Waals surface area contributed by atoms with Crippen LogP contribution in [-0.4, -0.2) is 24.0 Å². The second-order valence-electron chi connectivity index (χ2n) is 7.37. The smallest absolute Gasteiger partial charge is 0.0312 e. The van der Waals surface area contributed by atoms with Crippen LogP contribution in [0.5, 0.6) is 0 Å². The average molecular weight is 301 g/mol. The number of rotatable bonds is 1. The highest BCUT2D eigenvalue weighted by Crippen LogP contribution is 2.50. The first-order chi connectivity index (χ1) is 11.3. The maximum Gasteiger partial charge on any atom is 0.0312 e. The fourth-order valence-corrected chi connectivity index (χ4v) is 5.04. The fourth-order valence-electron chi connectivity index (χ4n) is 5.04. The van der Waals surface area contributed by atoms with Crippen molar-refractivity contribution in [3.63, 3.8) is 0 Å². The fraction of sp³-hybridized carbons (Fsp3) is 0.364. The molecule has 1 heteroatoms. The summed E-state index contributed by atoms with van der Waals surface area (Å²) in [7, 11) is 2.32. The van der Waals surface area contributed by atoms with Crippen LogP contribution in [0.4, 0.5) is 0 Å². The Bertz CT molecular complexity index is 743. The third-order valence-electron chi connectivity index (χ3n) is 6.22. The minimum Gasteiger partial charge on any atom is -0.297 e. The molecule has 5 rings (SSSR count). The molecule has 1 nitrogen and oxygen atoms in total. The van der Waals surface area contributed by atoms with E-state index in [-0.39, 0.29) is 0 Å². The molecule has 2 bridgehead atoms. The van der Waals surface area contributed by atoms with E-state index >= 15 is 0 Å². The van der Waals surface area contributed by atoms with Crippen LogP contribution >= 0.6 is 0 Å². The number of nitrogens with zero attached hydrogens (tertiary/aromatic N) is 1. The molecule has 1 fully saturated rings. The lowest BCUT2D eigenvalue weighted by molar-refractivity contribution is 0.128. The van der Waals surface area contributed by atoms with Crippen LogP contribution in [0.2, 0.25) is 0 Å². The van der Waals surface area contributed by atoms with Crippen LogP contribution in [0.3, 0.4) is 0 Å². The van der Waals surface area contributed by atoms with Gasteiger partial charge in [0, 0.05) is 18.0 Å². The molecule has 0 aromatic heterocycles. The molecule has 2 aromatic carbocycles. The van der Waals surface area contributed by atoms with E-state index in [1.165, 1.54) is 47.9 Å². The highest BCUT2D eigenvalue weighted by molar-refractivity contribution is 5.80. The monoisotopic (exact) mass is 301 g/mol. The van der Waals surface area contributed by atoms with Gasteiger partial charge in [0.05, 0.1) is 0 Å². The molecule has 2 aromatic rings. The SMILES string of the molecule is CN1C2C=C(C3c4ccccc4-c4ccccc43)CC1CCC2. The number of benzene rings is 2. The van der Waals surface area contributed by atoms with Crippen LogP contribution < -0.4 is 0 Å². The number of fused-ring (bicyclic) bond motifs is 5. The molecule has 2 aliphatic heterocycles. The summed E-state index contributed by atoms with van der Waals surface area (Å²) in [6.45, 7) is 0. The second kappa shape index (κ2) is 5.07. The Hall–Kier alpha value is -1.86. The van der Waals surface area contributed by atoms with E-state index in [0.717, 1.165) is 6.04 Å². The Morgan fingerprint density at radius 3 is 2.17 bits per heavy atom. The van der Waals surface area contributed by atoms with Gasteiger partial charge in [0.15, 0.2) is 0 Å². The molecule has 1 saturated heterocycles. The van der Waals surface area contributed by atoms with Crippen molar-refractivity contribution < 1.29 is 0 Å². The molecule has 116 valence electrons. The molecule has 0 spiro atoms. The van der Waals surface area contributed by atoms with E-state index in [0.29, 0.717) is 12.0 Å². The van der Waals surface area contributed by atoms with Crippen molar-refractivity contribution in [1.29, 1.82) is 0 Å². The minimum absolute atomic E-state index is 0.485. The molecule has 0 N–H and O–H groups in total. The van der Waals surface area contributed by atoms with Crippen LogP contribution in [-0.2, 0) is 0 Å². The van der Waals surface area contributed by atoms with Gasteiger partial charge in [0.1, 0.15) is 0 Å². The first kappa shape index (κ1) is 13.6. The molecule has 2 heterocycles. The average Bonchev–Trinajstić information content (AvgIpc) is 2.89. The first-order valence-electron chi connectivity index (χ1n) is 8.93. The highest BCUT2D eigenvalue weighted by Gasteiger charge is 2.37. The largest absolute Gasteiger partial charge is 0.297 e. The van der Waals surface area contributed by atoms with Crippen LogP contribution in [0.25, 0.3) is 11.1 Å². The van der Waals surface area contributed by atoms with Crippen molar-refractivity contribution >= 4 is 0 Å². The Morgan fingerprint density at radius 1 is 0.870 bits per heavy atom. The molecule has 23 heavy (non-hydrogen) atoms. The Morgan fingerprint density at radius 2 is 1.52 bits per heavy atom. The Labute approximate surface area is 138 Å². The topological polar surface area (TPSA) is 3.24 Å². The molecule has 1 aliphatic carbocycles. The molecule has 0 radical (unpaired) electrons. The normalized spacial score (nSPS) is 26.6. The lowest BCUT2D eigenvalue weighted by atomic mass is 9.78. The lowest BCUT2D eigenvalue weighted by Crippen LogP contribution is -2.46. The van der Waals surface area contributed by atoms with E-state index in [2.05, 4.69) is 66.6 Å². The van der Waals surface area contributed by atoms with Crippen molar-refractivity contribution in [2.45, 2.75) is 43.7 Å². The predicted molar refractivity (Wildman–Crippen MR) is 95.6 cm³/mol. The zero-order valence-electron chi connectivity index (χ0n) is 13.7. The van der Waals surface area contributed by atoms with Crippen LogP contribution in [0.15, 0.2) is 60.2 Å². The van der Waals surface area contributed by atoms with Crippen molar-refractivity contribution in [1.82, 2.24) is 4.90 Å². The summed E-state index contributed by atoms with van der Waals surface area (Å²) in [5.41, 5.74) is 7.58. The molecule has 2 atom stereocenters. The zero-order chi connectivity index (χ0) is 15.4. The summed E-state index contributed by atoms with van der Waals surface area (Å²) in [6, 6.07) is 19.4. The Kier molecular flexibility index (Phi) is 2.99. The van der Waals surface area contributed by atoms with E-state index in [1.807, 2.05) is 0 Å². The standard InChI is InChI=1S/C22H23N/c1-23-16-7-6-8-17(23)14-15(13-16)22-20-11-4-2-9-18(20)19-10-3-5-12-21(19)22/h2-5,9-13,16-17,22H,6-8,14H2,1H3. The number of piperidine rings is 1. The predicted octanol–water partition coefficient (Wildman–Crippen LogP) is 4.98. The van der Waals surface area contributed by atoms with Gasteiger partial charge in [0.2, 0.25) is 0 Å². The van der Waals surface area contributed by atoms with Gasteiger partial charge in [-0.05, 0) is 48.6 Å². The van der Waals surface area contributed by atoms with E-state index in [1.54, 1.807) is 5.57 Å². The molecular weight excluding hydrogens is 278 g/mol.